The highest BCUT2D eigenvalue weighted by atomic mass is 35.5. The van der Waals surface area contributed by atoms with Gasteiger partial charge in [-0.1, -0.05) is 31.5 Å². The number of aliphatic hydroxyl groups excluding tert-OH is 1. The highest BCUT2D eigenvalue weighted by Gasteiger charge is 2.38. The van der Waals surface area contributed by atoms with Crippen LogP contribution in [0.4, 0.5) is 0 Å². The number of nitrogens with one attached hydrogen (secondary N) is 1. The second-order valence-electron chi connectivity index (χ2n) is 10.1. The summed E-state index contributed by atoms with van der Waals surface area (Å²) in [7, 11) is 1.30. The summed E-state index contributed by atoms with van der Waals surface area (Å²) in [6.45, 7) is 9.08. The van der Waals surface area contributed by atoms with E-state index in [1.54, 1.807) is 44.2 Å². The summed E-state index contributed by atoms with van der Waals surface area (Å²) < 4.78 is 22.3. The molecule has 0 saturated heterocycles. The van der Waals surface area contributed by atoms with E-state index in [1.807, 2.05) is 26.0 Å². The van der Waals surface area contributed by atoms with Crippen LogP contribution in [0.1, 0.15) is 45.6 Å². The van der Waals surface area contributed by atoms with E-state index >= 15 is 0 Å². The minimum atomic E-state index is -0.645. The van der Waals surface area contributed by atoms with Gasteiger partial charge in [0.2, 0.25) is 0 Å². The summed E-state index contributed by atoms with van der Waals surface area (Å²) in [6, 6.07) is 15.0. The molecule has 41 heavy (non-hydrogen) atoms. The first kappa shape index (κ1) is 31.9. The molecule has 2 aromatic rings. The lowest BCUT2D eigenvalue weighted by atomic mass is 9.76. The van der Waals surface area contributed by atoms with Crippen molar-refractivity contribution in [3.8, 4) is 23.3 Å². The summed E-state index contributed by atoms with van der Waals surface area (Å²) in [6.07, 6.45) is 0.0498. The van der Waals surface area contributed by atoms with Crippen LogP contribution in [0.25, 0.3) is 0 Å². The Labute approximate surface area is 246 Å². The Kier molecular flexibility index (Phi) is 12.0. The van der Waals surface area contributed by atoms with Gasteiger partial charge in [-0.15, -0.1) is 0 Å². The molecule has 3 unspecified atom stereocenters. The summed E-state index contributed by atoms with van der Waals surface area (Å²) in [5.41, 5.74) is 2.10. The first-order chi connectivity index (χ1) is 19.6. The van der Waals surface area contributed by atoms with E-state index in [0.29, 0.717) is 77.0 Å². The third-order valence-corrected chi connectivity index (χ3v) is 6.86. The van der Waals surface area contributed by atoms with Crippen molar-refractivity contribution in [2.75, 3.05) is 33.5 Å². The van der Waals surface area contributed by atoms with Gasteiger partial charge in [0, 0.05) is 41.4 Å². The average Bonchev–Trinajstić information content (AvgIpc) is 2.95. The number of hydrogen-bond acceptors (Lipinski definition) is 9. The van der Waals surface area contributed by atoms with Gasteiger partial charge in [0.05, 0.1) is 37.9 Å². The molecule has 2 aromatic carbocycles. The van der Waals surface area contributed by atoms with Crippen molar-refractivity contribution < 1.29 is 28.8 Å². The van der Waals surface area contributed by atoms with E-state index in [4.69, 9.17) is 30.5 Å². The zero-order valence-electron chi connectivity index (χ0n) is 24.1. The molecule has 3 rings (SSSR count). The summed E-state index contributed by atoms with van der Waals surface area (Å²) >= 11 is 6.64. The fourth-order valence-electron chi connectivity index (χ4n) is 4.46. The number of aliphatic hydroxyl groups is 1. The molecule has 9 nitrogen and oxygen atoms in total. The van der Waals surface area contributed by atoms with Crippen molar-refractivity contribution in [1.82, 2.24) is 5.32 Å². The number of allylic oxidation sites excluding steroid dienone is 1. The van der Waals surface area contributed by atoms with Crippen molar-refractivity contribution in [2.24, 2.45) is 10.9 Å². The van der Waals surface area contributed by atoms with Crippen LogP contribution in [0, 0.1) is 17.2 Å². The second kappa shape index (κ2) is 15.4. The Bertz CT molecular complexity index is 1290. The minimum absolute atomic E-state index is 0.207. The van der Waals surface area contributed by atoms with Crippen LogP contribution >= 0.6 is 11.6 Å². The number of nitriles is 1. The maximum absolute atomic E-state index is 12.6. The molecular formula is C31H38ClN3O6. The van der Waals surface area contributed by atoms with E-state index in [9.17, 15) is 15.2 Å². The molecule has 3 atom stereocenters. The van der Waals surface area contributed by atoms with Gasteiger partial charge in [0.1, 0.15) is 30.0 Å². The molecule has 0 bridgehead atoms. The van der Waals surface area contributed by atoms with Gasteiger partial charge in [-0.3, -0.25) is 4.99 Å². The third kappa shape index (κ3) is 8.95. The molecule has 220 valence electrons. The van der Waals surface area contributed by atoms with Crippen LogP contribution in [0.15, 0.2) is 58.7 Å². The fraction of sp³-hybridized carbons (Fsp3) is 0.452. The molecule has 0 spiro atoms. The summed E-state index contributed by atoms with van der Waals surface area (Å²) in [5.74, 6) is 0.162. The molecule has 1 aliphatic heterocycles. The Balaban J connectivity index is 1.50. The smallest absolute Gasteiger partial charge is 0.336 e. The largest absolute Gasteiger partial charge is 0.493 e. The first-order valence-electron chi connectivity index (χ1n) is 13.6. The quantitative estimate of drug-likeness (QED) is 0.233. The molecule has 10 heteroatoms. The highest BCUT2D eigenvalue weighted by Crippen LogP contribution is 2.42. The third-order valence-electron chi connectivity index (χ3n) is 6.53. The molecule has 0 fully saturated rings. The number of methoxy groups -OCH3 is 1. The number of carbonyl (C=O) groups excluding carboxylic acids is 1. The Morgan fingerprint density at radius 1 is 1.07 bits per heavy atom. The van der Waals surface area contributed by atoms with Crippen molar-refractivity contribution in [3.63, 3.8) is 0 Å². The molecule has 0 radical (unpaired) electrons. The van der Waals surface area contributed by atoms with Gasteiger partial charge in [-0.25, -0.2) is 4.79 Å². The number of benzene rings is 2. The van der Waals surface area contributed by atoms with Crippen LogP contribution in [0.5, 0.6) is 17.2 Å². The van der Waals surface area contributed by atoms with Crippen molar-refractivity contribution in [3.05, 3.63) is 64.3 Å². The number of carbonyl (C=O) groups is 1. The monoisotopic (exact) mass is 583 g/mol. The number of halogens is 1. The zero-order valence-corrected chi connectivity index (χ0v) is 24.9. The van der Waals surface area contributed by atoms with Gasteiger partial charge in [0.15, 0.2) is 0 Å². The van der Waals surface area contributed by atoms with Gasteiger partial charge in [0.25, 0.3) is 0 Å². The molecule has 1 aliphatic rings. The number of nitrogens with zero attached hydrogens (tertiary/aromatic N) is 2. The fourth-order valence-corrected chi connectivity index (χ4v) is 4.75. The standard InChI is InChI=1S/C31H38ClN3O6/c1-19(2)34-17-22(36)18-41-24-9-7-23(8-10-24)39-13-6-14-40-25-11-12-26(28(32)15-25)30-27(16-33)20(3)35-21(4)29(30)31(37)38-5/h7-12,15,19,22,27,30,34,36H,6,13-14,17-18H2,1-5H3. The van der Waals surface area contributed by atoms with Crippen molar-refractivity contribution in [2.45, 2.75) is 52.2 Å². The lowest BCUT2D eigenvalue weighted by molar-refractivity contribution is -0.136. The predicted molar refractivity (Wildman–Crippen MR) is 158 cm³/mol. The highest BCUT2D eigenvalue weighted by molar-refractivity contribution is 6.31. The number of aliphatic imine (C=N–C) groups is 1. The van der Waals surface area contributed by atoms with Gasteiger partial charge >= 0.3 is 5.97 Å². The van der Waals surface area contributed by atoms with Crippen LogP contribution in [0.3, 0.4) is 0 Å². The molecule has 0 aliphatic carbocycles. The van der Waals surface area contributed by atoms with E-state index in [1.165, 1.54) is 7.11 Å². The van der Waals surface area contributed by atoms with Crippen molar-refractivity contribution >= 4 is 23.3 Å². The lowest BCUT2D eigenvalue weighted by Gasteiger charge is -2.29. The van der Waals surface area contributed by atoms with E-state index in [0.717, 1.165) is 0 Å². The lowest BCUT2D eigenvalue weighted by Crippen LogP contribution is -2.35. The molecular weight excluding hydrogens is 546 g/mol. The summed E-state index contributed by atoms with van der Waals surface area (Å²) in [4.78, 5) is 17.0. The first-order valence-corrected chi connectivity index (χ1v) is 14.0. The predicted octanol–water partition coefficient (Wildman–Crippen LogP) is 5.07. The molecule has 2 N–H and O–H groups in total. The van der Waals surface area contributed by atoms with E-state index in [-0.39, 0.29) is 6.61 Å². The second-order valence-corrected chi connectivity index (χ2v) is 10.5. The number of rotatable bonds is 14. The Morgan fingerprint density at radius 3 is 2.27 bits per heavy atom. The number of esters is 1. The maximum Gasteiger partial charge on any atom is 0.336 e. The minimum Gasteiger partial charge on any atom is -0.493 e. The molecule has 1 heterocycles. The van der Waals surface area contributed by atoms with E-state index < -0.39 is 23.9 Å². The molecule has 0 saturated carbocycles. The van der Waals surface area contributed by atoms with Crippen LogP contribution in [-0.2, 0) is 9.53 Å². The molecule has 0 aromatic heterocycles. The molecule has 0 amide bonds. The van der Waals surface area contributed by atoms with Gasteiger partial charge < -0.3 is 29.4 Å². The summed E-state index contributed by atoms with van der Waals surface area (Å²) in [5, 5.41) is 23.4. The van der Waals surface area contributed by atoms with Crippen LogP contribution in [0.2, 0.25) is 5.02 Å². The number of ether oxygens (including phenoxy) is 4. The topological polar surface area (TPSA) is 122 Å². The van der Waals surface area contributed by atoms with Gasteiger partial charge in [-0.2, -0.15) is 5.26 Å². The zero-order chi connectivity index (χ0) is 29.9. The normalized spacial score (nSPS) is 17.5. The van der Waals surface area contributed by atoms with Crippen LogP contribution in [-0.4, -0.2) is 62.4 Å². The average molecular weight is 584 g/mol. The Hall–Kier alpha value is -3.58. The van der Waals surface area contributed by atoms with Crippen molar-refractivity contribution in [1.29, 1.82) is 5.26 Å². The Morgan fingerprint density at radius 2 is 1.68 bits per heavy atom. The van der Waals surface area contributed by atoms with Crippen LogP contribution < -0.4 is 19.5 Å². The number of hydrogen-bond donors (Lipinski definition) is 2. The maximum atomic E-state index is 12.6. The van der Waals surface area contributed by atoms with Gasteiger partial charge in [-0.05, 0) is 55.8 Å². The SMILES string of the molecule is COC(=O)C1=C(C)N=C(C)C(C#N)C1c1ccc(OCCCOc2ccc(OCC(O)CNC(C)C)cc2)cc1Cl. The van der Waals surface area contributed by atoms with E-state index in [2.05, 4.69) is 16.4 Å².